The van der Waals surface area contributed by atoms with E-state index in [-0.39, 0.29) is 32.4 Å². The molecule has 1 saturated heterocycles. The van der Waals surface area contributed by atoms with Crippen molar-refractivity contribution in [2.24, 2.45) is 0 Å². The number of hydrogen-bond acceptors (Lipinski definition) is 8. The van der Waals surface area contributed by atoms with E-state index in [2.05, 4.69) is 45.0 Å². The number of likely N-dealkylation sites (tertiary alicyclic amines) is 1. The Kier molecular flexibility index (Phi) is 9.06. The number of sulfonamides is 1. The first-order valence-electron chi connectivity index (χ1n) is 12.6. The standard InChI is InChI=1S/C27H30BrClF2N4O4S2/c1-26(2,3)39-25(36)35(21-14-40-15-33-21)41(37,38)24-19(30)11-20(22(28)23(24)31)32-12-17-16(7-6-8-18(17)29)13-34-10-9-27(34,4)5/h6-8,11,14-15,32H,9-10,12-13H2,1-5H3. The van der Waals surface area contributed by atoms with Crippen LogP contribution in [0.15, 0.2) is 44.5 Å². The zero-order chi connectivity index (χ0) is 30.3. The molecule has 0 unspecified atom stereocenters. The van der Waals surface area contributed by atoms with Gasteiger partial charge in [0.25, 0.3) is 10.0 Å². The number of aromatic nitrogens is 1. The third-order valence-electron chi connectivity index (χ3n) is 6.68. The van der Waals surface area contributed by atoms with Crippen LogP contribution >= 0.6 is 38.9 Å². The zero-order valence-corrected chi connectivity index (χ0v) is 27.1. The topological polar surface area (TPSA) is 91.8 Å². The molecular formula is C27H30BrClF2N4O4S2. The minimum Gasteiger partial charge on any atom is -0.443 e. The van der Waals surface area contributed by atoms with Crippen LogP contribution in [0.1, 0.15) is 52.2 Å². The zero-order valence-electron chi connectivity index (χ0n) is 23.1. The maximum absolute atomic E-state index is 15.7. The van der Waals surface area contributed by atoms with Gasteiger partial charge >= 0.3 is 6.09 Å². The van der Waals surface area contributed by atoms with Gasteiger partial charge in [-0.2, -0.15) is 0 Å². The Morgan fingerprint density at radius 3 is 2.59 bits per heavy atom. The second kappa shape index (κ2) is 11.8. The summed E-state index contributed by atoms with van der Waals surface area (Å²) in [5.74, 6) is -3.17. The van der Waals surface area contributed by atoms with Crippen LogP contribution in [-0.4, -0.2) is 42.1 Å². The predicted molar refractivity (Wildman–Crippen MR) is 160 cm³/mol. The van der Waals surface area contributed by atoms with Gasteiger partial charge in [-0.1, -0.05) is 23.7 Å². The minimum atomic E-state index is -5.13. The highest BCUT2D eigenvalue weighted by Crippen LogP contribution is 2.37. The largest absolute Gasteiger partial charge is 0.443 e. The first-order chi connectivity index (χ1) is 19.0. The van der Waals surface area contributed by atoms with Crippen molar-refractivity contribution >= 4 is 66.5 Å². The summed E-state index contributed by atoms with van der Waals surface area (Å²) < 4.78 is 63.3. The van der Waals surface area contributed by atoms with Gasteiger partial charge < -0.3 is 10.1 Å². The Balaban J connectivity index is 1.66. The molecule has 4 rings (SSSR count). The molecule has 0 radical (unpaired) electrons. The van der Waals surface area contributed by atoms with E-state index in [4.69, 9.17) is 16.3 Å². The molecule has 8 nitrogen and oxygen atoms in total. The lowest BCUT2D eigenvalue weighted by molar-refractivity contribution is 0.00775. The third-order valence-corrected chi connectivity index (χ3v) is 10.1. The quantitative estimate of drug-likeness (QED) is 0.244. The van der Waals surface area contributed by atoms with Crippen molar-refractivity contribution in [1.82, 2.24) is 9.88 Å². The van der Waals surface area contributed by atoms with Crippen LogP contribution in [0.25, 0.3) is 0 Å². The van der Waals surface area contributed by atoms with Gasteiger partial charge in [-0.3, -0.25) is 4.90 Å². The van der Waals surface area contributed by atoms with E-state index in [1.54, 1.807) is 6.07 Å². The number of nitrogens with zero attached hydrogens (tertiary/aromatic N) is 3. The number of nitrogens with one attached hydrogen (secondary N) is 1. The smallest absolute Gasteiger partial charge is 0.430 e. The molecule has 0 spiro atoms. The molecule has 2 aromatic carbocycles. The van der Waals surface area contributed by atoms with E-state index < -0.39 is 38.2 Å². The first-order valence-corrected chi connectivity index (χ1v) is 16.2. The average molecular weight is 692 g/mol. The van der Waals surface area contributed by atoms with E-state index in [9.17, 15) is 13.2 Å². The molecule has 41 heavy (non-hydrogen) atoms. The van der Waals surface area contributed by atoms with Gasteiger partial charge in [-0.25, -0.2) is 27.0 Å². The molecule has 14 heteroatoms. The van der Waals surface area contributed by atoms with Crippen molar-refractivity contribution in [1.29, 1.82) is 0 Å². The Bertz CT molecular complexity index is 1560. The van der Waals surface area contributed by atoms with Crippen molar-refractivity contribution in [3.05, 3.63) is 67.4 Å². The van der Waals surface area contributed by atoms with Gasteiger partial charge in [0.15, 0.2) is 16.5 Å². The van der Waals surface area contributed by atoms with Gasteiger partial charge in [-0.15, -0.1) is 15.6 Å². The van der Waals surface area contributed by atoms with Crippen LogP contribution < -0.4 is 9.62 Å². The van der Waals surface area contributed by atoms with E-state index in [0.29, 0.717) is 11.6 Å². The molecule has 0 atom stereocenters. The lowest BCUT2D eigenvalue weighted by Gasteiger charge is -2.48. The van der Waals surface area contributed by atoms with Gasteiger partial charge in [0.2, 0.25) is 0 Å². The van der Waals surface area contributed by atoms with Crippen molar-refractivity contribution in [3.8, 4) is 0 Å². The fourth-order valence-corrected chi connectivity index (χ4v) is 7.13. The molecular weight excluding hydrogens is 662 g/mol. The van der Waals surface area contributed by atoms with Crippen molar-refractivity contribution in [2.75, 3.05) is 16.2 Å². The Morgan fingerprint density at radius 1 is 1.32 bits per heavy atom. The molecule has 1 fully saturated rings. The molecule has 1 aromatic heterocycles. The van der Waals surface area contributed by atoms with E-state index in [1.807, 2.05) is 12.1 Å². The number of thiazole rings is 1. The number of carbonyl (C=O) groups is 1. The number of benzene rings is 2. The van der Waals surface area contributed by atoms with Crippen molar-refractivity contribution in [3.63, 3.8) is 0 Å². The molecule has 1 aliphatic heterocycles. The number of rotatable bonds is 8. The highest BCUT2D eigenvalue weighted by Gasteiger charge is 2.41. The number of ether oxygens (including phenoxy) is 1. The normalized spacial score (nSPS) is 15.3. The summed E-state index contributed by atoms with van der Waals surface area (Å²) in [7, 11) is -5.13. The van der Waals surface area contributed by atoms with Crippen LogP contribution in [0, 0.1) is 11.6 Å². The van der Waals surface area contributed by atoms with Crippen molar-refractivity contribution < 1.29 is 26.7 Å². The molecule has 0 aliphatic carbocycles. The Labute approximate surface area is 255 Å². The third kappa shape index (κ3) is 6.69. The predicted octanol–water partition coefficient (Wildman–Crippen LogP) is 7.56. The van der Waals surface area contributed by atoms with Gasteiger partial charge in [0.05, 0.1) is 15.7 Å². The summed E-state index contributed by atoms with van der Waals surface area (Å²) in [5.41, 5.74) is 1.94. The van der Waals surface area contributed by atoms with Crippen LogP contribution in [-0.2, 0) is 27.8 Å². The molecule has 2 heterocycles. The second-order valence-electron chi connectivity index (χ2n) is 11.2. The molecule has 3 aromatic rings. The second-order valence-corrected chi connectivity index (χ2v) is 14.8. The summed E-state index contributed by atoms with van der Waals surface area (Å²) in [6, 6.07) is 6.39. The molecule has 1 N–H and O–H groups in total. The molecule has 0 saturated carbocycles. The summed E-state index contributed by atoms with van der Waals surface area (Å²) >= 11 is 10.6. The summed E-state index contributed by atoms with van der Waals surface area (Å²) in [5, 5.41) is 4.71. The van der Waals surface area contributed by atoms with Gasteiger partial charge in [0, 0.05) is 35.6 Å². The fraction of sp³-hybridized carbons (Fsp3) is 0.407. The van der Waals surface area contributed by atoms with E-state index in [1.165, 1.54) is 31.7 Å². The minimum absolute atomic E-state index is 0.0356. The number of amides is 1. The summed E-state index contributed by atoms with van der Waals surface area (Å²) in [6.45, 7) is 10.6. The lowest BCUT2D eigenvalue weighted by Crippen LogP contribution is -2.55. The van der Waals surface area contributed by atoms with Crippen LogP contribution in [0.5, 0.6) is 0 Å². The monoisotopic (exact) mass is 690 g/mol. The van der Waals surface area contributed by atoms with Gasteiger partial charge in [-0.05, 0) is 80.2 Å². The number of hydrogen-bond donors (Lipinski definition) is 1. The fourth-order valence-electron chi connectivity index (χ4n) is 4.31. The molecule has 0 bridgehead atoms. The number of carbonyl (C=O) groups excluding carboxylic acids is 1. The Morgan fingerprint density at radius 2 is 2.02 bits per heavy atom. The maximum Gasteiger partial charge on any atom is 0.430 e. The number of anilines is 2. The molecule has 1 aliphatic rings. The highest BCUT2D eigenvalue weighted by molar-refractivity contribution is 9.10. The summed E-state index contributed by atoms with van der Waals surface area (Å²) in [4.78, 5) is 17.8. The van der Waals surface area contributed by atoms with Crippen LogP contribution in [0.2, 0.25) is 5.02 Å². The van der Waals surface area contributed by atoms with Crippen LogP contribution in [0.4, 0.5) is 25.1 Å². The van der Waals surface area contributed by atoms with Gasteiger partial charge in [0.1, 0.15) is 11.4 Å². The Hall–Kier alpha value is -2.32. The maximum atomic E-state index is 15.7. The molecule has 1 amide bonds. The SMILES string of the molecule is CC(C)(C)OC(=O)N(c1cscn1)S(=O)(=O)c1c(F)cc(NCc2c(Cl)cccc2CN2CCC2(C)C)c(Br)c1F. The van der Waals surface area contributed by atoms with Crippen LogP contribution in [0.3, 0.4) is 0 Å². The lowest BCUT2D eigenvalue weighted by atomic mass is 9.88. The molecule has 222 valence electrons. The van der Waals surface area contributed by atoms with Crippen molar-refractivity contribution in [2.45, 2.75) is 70.2 Å². The number of halogens is 4. The average Bonchev–Trinajstić information content (AvgIpc) is 3.36. The van der Waals surface area contributed by atoms with E-state index in [0.717, 1.165) is 41.5 Å². The first kappa shape index (κ1) is 31.6. The highest BCUT2D eigenvalue weighted by atomic mass is 79.9. The van der Waals surface area contributed by atoms with E-state index >= 15 is 8.78 Å². The summed E-state index contributed by atoms with van der Waals surface area (Å²) in [6.07, 6.45) is -0.271.